The van der Waals surface area contributed by atoms with Gasteiger partial charge in [-0.2, -0.15) is 0 Å². The van der Waals surface area contributed by atoms with Gasteiger partial charge in [-0.1, -0.05) is 18.2 Å². The zero-order chi connectivity index (χ0) is 13.8. The van der Waals surface area contributed by atoms with Crippen molar-refractivity contribution in [3.8, 4) is 5.75 Å². The van der Waals surface area contributed by atoms with E-state index in [0.29, 0.717) is 17.0 Å². The first kappa shape index (κ1) is 13.3. The van der Waals surface area contributed by atoms with Crippen molar-refractivity contribution < 1.29 is 9.13 Å². The van der Waals surface area contributed by atoms with Crippen molar-refractivity contribution in [3.63, 3.8) is 0 Å². The van der Waals surface area contributed by atoms with Gasteiger partial charge in [-0.15, -0.1) is 0 Å². The van der Waals surface area contributed by atoms with Crippen LogP contribution in [0.3, 0.4) is 0 Å². The van der Waals surface area contributed by atoms with Gasteiger partial charge in [0.1, 0.15) is 11.6 Å². The number of rotatable bonds is 4. The van der Waals surface area contributed by atoms with Gasteiger partial charge >= 0.3 is 0 Å². The number of methoxy groups -OCH3 is 1. The molecule has 0 fully saturated rings. The van der Waals surface area contributed by atoms with Gasteiger partial charge in [0.05, 0.1) is 13.2 Å². The fraction of sp³-hybridized carbons (Fsp3) is 0.143. The topological polar surface area (TPSA) is 73.3 Å². The van der Waals surface area contributed by atoms with Crippen LogP contribution in [0, 0.1) is 5.82 Å². The highest BCUT2D eigenvalue weighted by molar-refractivity contribution is 5.53. The predicted octanol–water partition coefficient (Wildman–Crippen LogP) is 1.97. The molecule has 0 radical (unpaired) electrons. The average molecular weight is 261 g/mol. The molecule has 5 N–H and O–H groups in total. The van der Waals surface area contributed by atoms with Gasteiger partial charge in [-0.3, -0.25) is 5.84 Å². The number of nitrogens with one attached hydrogen (secondary N) is 1. The van der Waals surface area contributed by atoms with E-state index in [-0.39, 0.29) is 5.82 Å². The van der Waals surface area contributed by atoms with Crippen LogP contribution in [-0.2, 0) is 0 Å². The molecule has 0 bridgehead atoms. The molecule has 2 aromatic carbocycles. The van der Waals surface area contributed by atoms with Crippen molar-refractivity contribution in [2.75, 3.05) is 12.8 Å². The van der Waals surface area contributed by atoms with E-state index in [9.17, 15) is 4.39 Å². The van der Waals surface area contributed by atoms with Gasteiger partial charge in [0, 0.05) is 11.3 Å². The molecule has 0 aliphatic carbocycles. The normalized spacial score (nSPS) is 12.2. The number of benzene rings is 2. The summed E-state index contributed by atoms with van der Waals surface area (Å²) >= 11 is 0. The fourth-order valence-corrected chi connectivity index (χ4v) is 2.05. The molecule has 1 unspecified atom stereocenters. The maximum atomic E-state index is 13.4. The highest BCUT2D eigenvalue weighted by atomic mass is 19.1. The Morgan fingerprint density at radius 3 is 2.53 bits per heavy atom. The highest BCUT2D eigenvalue weighted by Crippen LogP contribution is 2.32. The first-order valence-corrected chi connectivity index (χ1v) is 5.81. The van der Waals surface area contributed by atoms with Gasteiger partial charge in [0.25, 0.3) is 0 Å². The molecular weight excluding hydrogens is 245 g/mol. The molecule has 0 saturated heterocycles. The minimum absolute atomic E-state index is 0.356. The molecule has 0 aliphatic heterocycles. The van der Waals surface area contributed by atoms with E-state index < -0.39 is 6.04 Å². The van der Waals surface area contributed by atoms with Crippen molar-refractivity contribution >= 4 is 5.69 Å². The Hall–Kier alpha value is -2.11. The molecule has 19 heavy (non-hydrogen) atoms. The largest absolute Gasteiger partial charge is 0.496 e. The molecular formula is C14H16FN3O. The van der Waals surface area contributed by atoms with Crippen LogP contribution in [0.5, 0.6) is 5.75 Å². The van der Waals surface area contributed by atoms with Crippen LogP contribution >= 0.6 is 0 Å². The summed E-state index contributed by atoms with van der Waals surface area (Å²) in [6.07, 6.45) is 0. The molecule has 1 atom stereocenters. The monoisotopic (exact) mass is 261 g/mol. The number of para-hydroxylation sites is 1. The predicted molar refractivity (Wildman–Crippen MR) is 73.0 cm³/mol. The summed E-state index contributed by atoms with van der Waals surface area (Å²) in [6, 6.07) is 11.1. The first-order valence-electron chi connectivity index (χ1n) is 5.81. The van der Waals surface area contributed by atoms with Crippen molar-refractivity contribution in [1.29, 1.82) is 0 Å². The van der Waals surface area contributed by atoms with E-state index in [2.05, 4.69) is 5.43 Å². The quantitative estimate of drug-likeness (QED) is 0.447. The maximum absolute atomic E-state index is 13.4. The molecule has 5 heteroatoms. The lowest BCUT2D eigenvalue weighted by atomic mass is 9.97. The van der Waals surface area contributed by atoms with Gasteiger partial charge in [-0.25, -0.2) is 9.82 Å². The van der Waals surface area contributed by atoms with Gasteiger partial charge in [0.2, 0.25) is 0 Å². The number of nitrogen functional groups attached to an aromatic ring is 1. The van der Waals surface area contributed by atoms with Crippen LogP contribution in [-0.4, -0.2) is 7.11 Å². The van der Waals surface area contributed by atoms with E-state index in [1.165, 1.54) is 19.2 Å². The zero-order valence-corrected chi connectivity index (χ0v) is 10.6. The van der Waals surface area contributed by atoms with E-state index in [1.807, 2.05) is 18.2 Å². The number of nitrogens with two attached hydrogens (primary N) is 2. The Labute approximate surface area is 111 Å². The van der Waals surface area contributed by atoms with E-state index >= 15 is 0 Å². The number of hydrogen-bond acceptors (Lipinski definition) is 4. The van der Waals surface area contributed by atoms with Crippen LogP contribution < -0.4 is 21.7 Å². The minimum atomic E-state index is -0.438. The number of hydrogen-bond donors (Lipinski definition) is 3. The summed E-state index contributed by atoms with van der Waals surface area (Å²) in [4.78, 5) is 0. The zero-order valence-electron chi connectivity index (χ0n) is 10.6. The van der Waals surface area contributed by atoms with Crippen molar-refractivity contribution in [3.05, 3.63) is 59.4 Å². The second-order valence-electron chi connectivity index (χ2n) is 4.11. The third-order valence-corrected chi connectivity index (χ3v) is 2.98. The number of hydrazine groups is 1. The molecule has 2 aromatic rings. The summed E-state index contributed by atoms with van der Waals surface area (Å²) in [7, 11) is 1.53. The molecule has 100 valence electrons. The van der Waals surface area contributed by atoms with Crippen LogP contribution in [0.25, 0.3) is 0 Å². The smallest absolute Gasteiger partial charge is 0.124 e. The highest BCUT2D eigenvalue weighted by Gasteiger charge is 2.19. The summed E-state index contributed by atoms with van der Waals surface area (Å²) in [5, 5.41) is 0. The SMILES string of the molecule is COc1ccc(F)cc1C(NN)c1ccccc1N. The van der Waals surface area contributed by atoms with Crippen LogP contribution in [0.15, 0.2) is 42.5 Å². The Bertz CT molecular complexity index is 574. The Morgan fingerprint density at radius 1 is 1.16 bits per heavy atom. The molecule has 0 heterocycles. The Kier molecular flexibility index (Phi) is 3.99. The molecule has 0 aliphatic rings. The van der Waals surface area contributed by atoms with Gasteiger partial charge in [-0.05, 0) is 29.8 Å². The average Bonchev–Trinajstić information content (AvgIpc) is 2.42. The first-order chi connectivity index (χ1) is 9.17. The fourth-order valence-electron chi connectivity index (χ4n) is 2.05. The Balaban J connectivity index is 2.54. The number of ether oxygens (including phenoxy) is 1. The van der Waals surface area contributed by atoms with E-state index in [1.54, 1.807) is 12.1 Å². The number of anilines is 1. The molecule has 0 aromatic heterocycles. The lowest BCUT2D eigenvalue weighted by Gasteiger charge is -2.21. The summed E-state index contributed by atoms with van der Waals surface area (Å²) in [5.74, 6) is 5.79. The maximum Gasteiger partial charge on any atom is 0.124 e. The lowest BCUT2D eigenvalue weighted by Crippen LogP contribution is -2.29. The summed E-state index contributed by atoms with van der Waals surface area (Å²) < 4.78 is 18.7. The van der Waals surface area contributed by atoms with E-state index in [0.717, 1.165) is 5.56 Å². The van der Waals surface area contributed by atoms with Gasteiger partial charge < -0.3 is 10.5 Å². The molecule has 2 rings (SSSR count). The number of halogens is 1. The minimum Gasteiger partial charge on any atom is -0.496 e. The Morgan fingerprint density at radius 2 is 1.89 bits per heavy atom. The molecule has 0 saturated carbocycles. The second kappa shape index (κ2) is 5.69. The van der Waals surface area contributed by atoms with Crippen LogP contribution in [0.2, 0.25) is 0 Å². The van der Waals surface area contributed by atoms with Crippen molar-refractivity contribution in [2.24, 2.45) is 5.84 Å². The summed E-state index contributed by atoms with van der Waals surface area (Å²) in [5.41, 5.74) is 10.5. The van der Waals surface area contributed by atoms with E-state index in [4.69, 9.17) is 16.3 Å². The lowest BCUT2D eigenvalue weighted by molar-refractivity contribution is 0.402. The third kappa shape index (κ3) is 2.67. The van der Waals surface area contributed by atoms with Gasteiger partial charge in [0.15, 0.2) is 0 Å². The van der Waals surface area contributed by atoms with Crippen LogP contribution in [0.1, 0.15) is 17.2 Å². The summed E-state index contributed by atoms with van der Waals surface area (Å²) in [6.45, 7) is 0. The molecule has 0 spiro atoms. The third-order valence-electron chi connectivity index (χ3n) is 2.98. The second-order valence-corrected chi connectivity index (χ2v) is 4.11. The standard InChI is InChI=1S/C14H16FN3O/c1-19-13-7-6-9(15)8-11(13)14(18-17)10-4-2-3-5-12(10)16/h2-8,14,18H,16-17H2,1H3. The van der Waals surface area contributed by atoms with Crippen LogP contribution in [0.4, 0.5) is 10.1 Å². The molecule has 4 nitrogen and oxygen atoms in total. The van der Waals surface area contributed by atoms with Crippen molar-refractivity contribution in [1.82, 2.24) is 5.43 Å². The van der Waals surface area contributed by atoms with Crippen molar-refractivity contribution in [2.45, 2.75) is 6.04 Å². The molecule has 0 amide bonds.